The zero-order chi connectivity index (χ0) is 11.8. The number of benzene rings is 2. The van der Waals surface area contributed by atoms with E-state index in [-0.39, 0.29) is 0 Å². The SMILES string of the molecule is Brc1ccc2c(-c3ncc[nH]3)cc(Br)cc2c1. The van der Waals surface area contributed by atoms with E-state index in [9.17, 15) is 0 Å². The van der Waals surface area contributed by atoms with Crippen molar-refractivity contribution in [2.45, 2.75) is 0 Å². The molecule has 0 saturated heterocycles. The number of imidazole rings is 1. The summed E-state index contributed by atoms with van der Waals surface area (Å²) in [6.45, 7) is 0. The summed E-state index contributed by atoms with van der Waals surface area (Å²) in [5.74, 6) is 0.888. The third-order valence-corrected chi connectivity index (χ3v) is 3.58. The summed E-state index contributed by atoms with van der Waals surface area (Å²) in [5.41, 5.74) is 1.10. The van der Waals surface area contributed by atoms with Crippen molar-refractivity contribution in [1.29, 1.82) is 0 Å². The van der Waals surface area contributed by atoms with Crippen molar-refractivity contribution < 1.29 is 0 Å². The Kier molecular flexibility index (Phi) is 2.76. The first kappa shape index (κ1) is 11.0. The molecule has 1 aromatic heterocycles. The molecule has 2 nitrogen and oxygen atoms in total. The molecule has 2 aromatic carbocycles. The number of nitrogens with one attached hydrogen (secondary N) is 1. The van der Waals surface area contributed by atoms with Crippen LogP contribution in [0.15, 0.2) is 51.7 Å². The fraction of sp³-hybridized carbons (Fsp3) is 0. The molecular formula is C13H8Br2N2. The van der Waals surface area contributed by atoms with E-state index in [0.29, 0.717) is 0 Å². The molecule has 4 heteroatoms. The predicted octanol–water partition coefficient (Wildman–Crippen LogP) is 4.75. The molecule has 0 unspecified atom stereocenters. The van der Waals surface area contributed by atoms with Crippen LogP contribution in [-0.4, -0.2) is 9.97 Å². The molecular weight excluding hydrogens is 344 g/mol. The fourth-order valence-electron chi connectivity index (χ4n) is 1.91. The topological polar surface area (TPSA) is 28.7 Å². The van der Waals surface area contributed by atoms with Crippen LogP contribution in [0.25, 0.3) is 22.2 Å². The van der Waals surface area contributed by atoms with Gasteiger partial charge in [-0.05, 0) is 35.0 Å². The van der Waals surface area contributed by atoms with E-state index in [0.717, 1.165) is 20.3 Å². The number of fused-ring (bicyclic) bond motifs is 1. The van der Waals surface area contributed by atoms with E-state index in [1.807, 2.05) is 12.3 Å². The maximum atomic E-state index is 4.31. The Morgan fingerprint density at radius 1 is 1.00 bits per heavy atom. The summed E-state index contributed by atoms with van der Waals surface area (Å²) >= 11 is 7.03. The van der Waals surface area contributed by atoms with Crippen LogP contribution < -0.4 is 0 Å². The Hall–Kier alpha value is -1.13. The highest BCUT2D eigenvalue weighted by Crippen LogP contribution is 2.31. The van der Waals surface area contributed by atoms with Crippen LogP contribution in [0.3, 0.4) is 0 Å². The highest BCUT2D eigenvalue weighted by molar-refractivity contribution is 9.10. The maximum absolute atomic E-state index is 4.31. The van der Waals surface area contributed by atoms with Crippen LogP contribution in [-0.2, 0) is 0 Å². The lowest BCUT2D eigenvalue weighted by Gasteiger charge is -2.06. The fourth-order valence-corrected chi connectivity index (χ4v) is 2.77. The molecule has 3 rings (SSSR count). The van der Waals surface area contributed by atoms with Crippen LogP contribution in [0.4, 0.5) is 0 Å². The molecule has 17 heavy (non-hydrogen) atoms. The number of aromatic nitrogens is 2. The number of hydrogen-bond acceptors (Lipinski definition) is 1. The lowest BCUT2D eigenvalue weighted by molar-refractivity contribution is 1.32. The van der Waals surface area contributed by atoms with E-state index >= 15 is 0 Å². The third-order valence-electron chi connectivity index (χ3n) is 2.63. The summed E-state index contributed by atoms with van der Waals surface area (Å²) in [6.07, 6.45) is 3.60. The van der Waals surface area contributed by atoms with Gasteiger partial charge >= 0.3 is 0 Å². The molecule has 0 atom stereocenters. The molecule has 0 aliphatic rings. The van der Waals surface area contributed by atoms with Crippen molar-refractivity contribution in [2.24, 2.45) is 0 Å². The van der Waals surface area contributed by atoms with Gasteiger partial charge in [0.2, 0.25) is 0 Å². The van der Waals surface area contributed by atoms with Crippen molar-refractivity contribution >= 4 is 42.6 Å². The van der Waals surface area contributed by atoms with Crippen molar-refractivity contribution in [2.75, 3.05) is 0 Å². The van der Waals surface area contributed by atoms with Crippen LogP contribution in [0.1, 0.15) is 0 Å². The van der Waals surface area contributed by atoms with Crippen LogP contribution in [0, 0.1) is 0 Å². The van der Waals surface area contributed by atoms with Gasteiger partial charge in [0.05, 0.1) is 0 Å². The molecule has 0 bridgehead atoms. The van der Waals surface area contributed by atoms with Crippen molar-refractivity contribution in [3.8, 4) is 11.4 Å². The van der Waals surface area contributed by atoms with Crippen LogP contribution in [0.2, 0.25) is 0 Å². The van der Waals surface area contributed by atoms with Crippen LogP contribution >= 0.6 is 31.9 Å². The molecule has 1 N–H and O–H groups in total. The molecule has 0 radical (unpaired) electrons. The summed E-state index contributed by atoms with van der Waals surface area (Å²) in [6, 6.07) is 10.4. The number of nitrogens with zero attached hydrogens (tertiary/aromatic N) is 1. The minimum atomic E-state index is 0.888. The van der Waals surface area contributed by atoms with Gasteiger partial charge in [0.15, 0.2) is 0 Å². The van der Waals surface area contributed by atoms with Crippen molar-refractivity contribution in [3.05, 3.63) is 51.7 Å². The highest BCUT2D eigenvalue weighted by atomic mass is 79.9. The third kappa shape index (κ3) is 2.03. The summed E-state index contributed by atoms with van der Waals surface area (Å²) in [5, 5.41) is 2.37. The van der Waals surface area contributed by atoms with E-state index in [1.165, 1.54) is 10.8 Å². The molecule has 0 aliphatic heterocycles. The number of H-pyrrole nitrogens is 1. The van der Waals surface area contributed by atoms with Gasteiger partial charge in [-0.15, -0.1) is 0 Å². The monoisotopic (exact) mass is 350 g/mol. The van der Waals surface area contributed by atoms with E-state index < -0.39 is 0 Å². The number of hydrogen-bond donors (Lipinski definition) is 1. The Morgan fingerprint density at radius 2 is 1.82 bits per heavy atom. The first-order chi connectivity index (χ1) is 8.24. The minimum absolute atomic E-state index is 0.888. The normalized spacial score (nSPS) is 10.9. The molecule has 0 amide bonds. The molecule has 0 fully saturated rings. The molecule has 0 aliphatic carbocycles. The van der Waals surface area contributed by atoms with Crippen molar-refractivity contribution in [3.63, 3.8) is 0 Å². The molecule has 1 heterocycles. The number of aromatic amines is 1. The zero-order valence-corrected chi connectivity index (χ0v) is 11.9. The van der Waals surface area contributed by atoms with Gasteiger partial charge < -0.3 is 4.98 Å². The summed E-state index contributed by atoms with van der Waals surface area (Å²) < 4.78 is 2.13. The number of rotatable bonds is 1. The second-order valence-electron chi connectivity index (χ2n) is 3.76. The Balaban J connectivity index is 2.38. The smallest absolute Gasteiger partial charge is 0.137 e. The van der Waals surface area contributed by atoms with Gasteiger partial charge in [0.1, 0.15) is 5.82 Å². The van der Waals surface area contributed by atoms with Gasteiger partial charge in [-0.25, -0.2) is 4.98 Å². The standard InChI is InChI=1S/C13H8Br2N2/c14-9-1-2-11-8(5-9)6-10(15)7-12(11)13-16-3-4-17-13/h1-7H,(H,16,17). The van der Waals surface area contributed by atoms with Gasteiger partial charge in [-0.3, -0.25) is 0 Å². The van der Waals surface area contributed by atoms with E-state index in [4.69, 9.17) is 0 Å². The Morgan fingerprint density at radius 3 is 2.59 bits per heavy atom. The van der Waals surface area contributed by atoms with Crippen LogP contribution in [0.5, 0.6) is 0 Å². The first-order valence-electron chi connectivity index (χ1n) is 5.12. The largest absolute Gasteiger partial charge is 0.345 e. The Bertz CT molecular complexity index is 670. The van der Waals surface area contributed by atoms with Gasteiger partial charge in [0, 0.05) is 26.9 Å². The van der Waals surface area contributed by atoms with E-state index in [1.54, 1.807) is 6.20 Å². The Labute approximate surface area is 115 Å². The summed E-state index contributed by atoms with van der Waals surface area (Å²) in [4.78, 5) is 7.46. The van der Waals surface area contributed by atoms with Gasteiger partial charge in [-0.2, -0.15) is 0 Å². The molecule has 3 aromatic rings. The number of halogens is 2. The molecule has 84 valence electrons. The van der Waals surface area contributed by atoms with Crippen molar-refractivity contribution in [1.82, 2.24) is 9.97 Å². The maximum Gasteiger partial charge on any atom is 0.137 e. The quantitative estimate of drug-likeness (QED) is 0.673. The minimum Gasteiger partial charge on any atom is -0.345 e. The lowest BCUT2D eigenvalue weighted by atomic mass is 10.0. The molecule has 0 saturated carbocycles. The predicted molar refractivity (Wildman–Crippen MR) is 76.9 cm³/mol. The summed E-state index contributed by atoms with van der Waals surface area (Å²) in [7, 11) is 0. The second-order valence-corrected chi connectivity index (χ2v) is 5.59. The zero-order valence-electron chi connectivity index (χ0n) is 8.74. The lowest BCUT2D eigenvalue weighted by Crippen LogP contribution is -1.84. The van der Waals surface area contributed by atoms with Gasteiger partial charge in [-0.1, -0.05) is 37.9 Å². The average Bonchev–Trinajstić information content (AvgIpc) is 2.80. The van der Waals surface area contributed by atoms with E-state index in [2.05, 4.69) is 66.1 Å². The first-order valence-corrected chi connectivity index (χ1v) is 6.71. The second kappa shape index (κ2) is 4.27. The highest BCUT2D eigenvalue weighted by Gasteiger charge is 2.07. The molecule has 0 spiro atoms. The average molecular weight is 352 g/mol. The van der Waals surface area contributed by atoms with Gasteiger partial charge in [0.25, 0.3) is 0 Å².